The van der Waals surface area contributed by atoms with Crippen molar-refractivity contribution in [2.75, 3.05) is 6.26 Å². The molecule has 7 heteroatoms. The summed E-state index contributed by atoms with van der Waals surface area (Å²) in [4.78, 5) is 20.4. The van der Waals surface area contributed by atoms with Gasteiger partial charge in [0, 0.05) is 11.2 Å². The Kier molecular flexibility index (Phi) is 4.47. The van der Waals surface area contributed by atoms with E-state index in [4.69, 9.17) is 0 Å². The monoisotopic (exact) mass is 360 g/mol. The molecule has 0 unspecified atom stereocenters. The van der Waals surface area contributed by atoms with Crippen LogP contribution in [0.4, 0.5) is 0 Å². The number of benzene rings is 2. The van der Waals surface area contributed by atoms with E-state index in [1.54, 1.807) is 30.3 Å². The van der Waals surface area contributed by atoms with Crippen LogP contribution in [0.1, 0.15) is 11.4 Å². The highest BCUT2D eigenvalue weighted by molar-refractivity contribution is 7.99. The van der Waals surface area contributed by atoms with Gasteiger partial charge in [-0.2, -0.15) is 0 Å². The van der Waals surface area contributed by atoms with E-state index in [1.807, 2.05) is 19.1 Å². The Morgan fingerprint density at radius 3 is 2.62 bits per heavy atom. The van der Waals surface area contributed by atoms with Gasteiger partial charge in [-0.05, 0) is 30.7 Å². The van der Waals surface area contributed by atoms with Crippen LogP contribution in [0.25, 0.3) is 10.9 Å². The number of aryl methyl sites for hydroxylation is 1. The molecule has 1 aromatic heterocycles. The van der Waals surface area contributed by atoms with Crippen LogP contribution >= 0.6 is 11.8 Å². The molecule has 124 valence electrons. The number of thioether (sulfide) groups is 1. The van der Waals surface area contributed by atoms with E-state index >= 15 is 0 Å². The highest BCUT2D eigenvalue weighted by atomic mass is 32.2. The topological polar surface area (TPSA) is 79.9 Å². The van der Waals surface area contributed by atoms with Crippen LogP contribution in [0.5, 0.6) is 0 Å². The van der Waals surface area contributed by atoms with E-state index in [9.17, 15) is 13.2 Å². The van der Waals surface area contributed by atoms with Crippen LogP contribution in [0.15, 0.2) is 57.1 Å². The van der Waals surface area contributed by atoms with E-state index in [0.717, 1.165) is 5.56 Å². The molecule has 5 nitrogen and oxygen atoms in total. The quantitative estimate of drug-likeness (QED) is 0.724. The summed E-state index contributed by atoms with van der Waals surface area (Å²) < 4.78 is 23.7. The maximum Gasteiger partial charge on any atom is 0.258 e. The Labute approximate surface area is 144 Å². The molecule has 1 N–H and O–H groups in total. The van der Waals surface area contributed by atoms with Gasteiger partial charge < -0.3 is 4.98 Å². The van der Waals surface area contributed by atoms with Crippen LogP contribution in [0.3, 0.4) is 0 Å². The fourth-order valence-electron chi connectivity index (χ4n) is 2.44. The molecule has 0 amide bonds. The van der Waals surface area contributed by atoms with Crippen molar-refractivity contribution in [3.8, 4) is 0 Å². The molecule has 0 spiro atoms. The second-order valence-electron chi connectivity index (χ2n) is 5.49. The molecule has 2 aromatic carbocycles. The largest absolute Gasteiger partial charge is 0.309 e. The second kappa shape index (κ2) is 6.41. The number of nitrogens with zero attached hydrogens (tertiary/aromatic N) is 1. The van der Waals surface area contributed by atoms with Gasteiger partial charge in [-0.3, -0.25) is 4.79 Å². The fourth-order valence-corrected chi connectivity index (χ4v) is 4.65. The molecule has 0 saturated carbocycles. The number of nitrogens with one attached hydrogen (secondary N) is 1. The predicted molar refractivity (Wildman–Crippen MR) is 96.2 cm³/mol. The smallest absolute Gasteiger partial charge is 0.258 e. The van der Waals surface area contributed by atoms with Gasteiger partial charge >= 0.3 is 0 Å². The first-order valence-electron chi connectivity index (χ1n) is 7.26. The zero-order valence-corrected chi connectivity index (χ0v) is 14.9. The lowest BCUT2D eigenvalue weighted by molar-refractivity contribution is 0.600. The lowest BCUT2D eigenvalue weighted by Crippen LogP contribution is -2.12. The molecule has 0 bridgehead atoms. The Balaban J connectivity index is 1.95. The number of hydrogen-bond donors (Lipinski definition) is 1. The van der Waals surface area contributed by atoms with Crippen molar-refractivity contribution < 1.29 is 8.42 Å². The van der Waals surface area contributed by atoms with Gasteiger partial charge in [0.25, 0.3) is 5.56 Å². The van der Waals surface area contributed by atoms with Gasteiger partial charge in [0.05, 0.1) is 21.6 Å². The maximum atomic E-state index is 12.2. The maximum absolute atomic E-state index is 12.2. The minimum Gasteiger partial charge on any atom is -0.309 e. The molecule has 0 saturated heterocycles. The first kappa shape index (κ1) is 16.7. The number of aromatic nitrogens is 2. The van der Waals surface area contributed by atoms with Crippen LogP contribution in [-0.2, 0) is 15.6 Å². The van der Waals surface area contributed by atoms with Crippen LogP contribution < -0.4 is 5.56 Å². The van der Waals surface area contributed by atoms with E-state index in [2.05, 4.69) is 9.97 Å². The fraction of sp³-hybridized carbons (Fsp3) is 0.176. The zero-order valence-electron chi connectivity index (χ0n) is 13.2. The van der Waals surface area contributed by atoms with E-state index in [0.29, 0.717) is 27.4 Å². The summed E-state index contributed by atoms with van der Waals surface area (Å²) in [7, 11) is -3.30. The normalized spacial score (nSPS) is 11.8. The third kappa shape index (κ3) is 3.37. The minimum atomic E-state index is -3.30. The Bertz CT molecular complexity index is 1070. The zero-order chi connectivity index (χ0) is 17.3. The molecule has 0 radical (unpaired) electrons. The summed E-state index contributed by atoms with van der Waals surface area (Å²) in [5, 5.41) is 0.556. The summed E-state index contributed by atoms with van der Waals surface area (Å²) in [6.07, 6.45) is 1.19. The number of para-hydroxylation sites is 1. The SMILES string of the molecule is Cc1cccc2c(=O)[nH]c(CSc3ccccc3S(C)(=O)=O)nc12. The van der Waals surface area contributed by atoms with Crippen molar-refractivity contribution in [2.45, 2.75) is 22.5 Å². The Hall–Kier alpha value is -2.12. The van der Waals surface area contributed by atoms with Crippen molar-refractivity contribution in [1.29, 1.82) is 0 Å². The molecule has 0 fully saturated rings. The molecular formula is C17H16N2O3S2. The summed E-state index contributed by atoms with van der Waals surface area (Å²) in [6, 6.07) is 12.3. The lowest BCUT2D eigenvalue weighted by atomic mass is 10.1. The average Bonchev–Trinajstić information content (AvgIpc) is 2.53. The Morgan fingerprint density at radius 2 is 1.88 bits per heavy atom. The van der Waals surface area contributed by atoms with Crippen LogP contribution in [0, 0.1) is 6.92 Å². The number of fused-ring (bicyclic) bond motifs is 1. The van der Waals surface area contributed by atoms with Crippen molar-refractivity contribution >= 4 is 32.5 Å². The number of aromatic amines is 1. The molecule has 3 rings (SSSR count). The number of hydrogen-bond acceptors (Lipinski definition) is 5. The van der Waals surface area contributed by atoms with Crippen molar-refractivity contribution in [3.63, 3.8) is 0 Å². The van der Waals surface area contributed by atoms with E-state index in [1.165, 1.54) is 18.0 Å². The first-order valence-corrected chi connectivity index (χ1v) is 10.1. The third-order valence-corrected chi connectivity index (χ3v) is 5.97. The molecule has 0 aliphatic heterocycles. The molecule has 1 heterocycles. The van der Waals surface area contributed by atoms with Gasteiger partial charge in [-0.15, -0.1) is 11.8 Å². The summed E-state index contributed by atoms with van der Waals surface area (Å²) in [5.74, 6) is 0.904. The van der Waals surface area contributed by atoms with E-state index < -0.39 is 9.84 Å². The summed E-state index contributed by atoms with van der Waals surface area (Å²) in [6.45, 7) is 1.91. The molecule has 0 aliphatic rings. The second-order valence-corrected chi connectivity index (χ2v) is 8.49. The molecular weight excluding hydrogens is 344 g/mol. The lowest BCUT2D eigenvalue weighted by Gasteiger charge is -2.08. The summed E-state index contributed by atoms with van der Waals surface area (Å²) >= 11 is 1.34. The molecule has 0 atom stereocenters. The first-order chi connectivity index (χ1) is 11.4. The highest BCUT2D eigenvalue weighted by Gasteiger charge is 2.14. The van der Waals surface area contributed by atoms with Gasteiger partial charge in [-0.1, -0.05) is 24.3 Å². The number of sulfone groups is 1. The van der Waals surface area contributed by atoms with E-state index in [-0.39, 0.29) is 10.5 Å². The van der Waals surface area contributed by atoms with Gasteiger partial charge in [0.15, 0.2) is 9.84 Å². The average molecular weight is 360 g/mol. The van der Waals surface area contributed by atoms with Crippen molar-refractivity contribution in [1.82, 2.24) is 9.97 Å². The minimum absolute atomic E-state index is 0.185. The van der Waals surface area contributed by atoms with Crippen molar-refractivity contribution in [2.24, 2.45) is 0 Å². The molecule has 3 aromatic rings. The molecule has 0 aliphatic carbocycles. The Morgan fingerprint density at radius 1 is 1.12 bits per heavy atom. The number of rotatable bonds is 4. The number of H-pyrrole nitrogens is 1. The van der Waals surface area contributed by atoms with Gasteiger partial charge in [-0.25, -0.2) is 13.4 Å². The van der Waals surface area contributed by atoms with Gasteiger partial charge in [0.2, 0.25) is 0 Å². The van der Waals surface area contributed by atoms with Crippen molar-refractivity contribution in [3.05, 3.63) is 64.2 Å². The van der Waals surface area contributed by atoms with Crippen LogP contribution in [-0.4, -0.2) is 24.6 Å². The third-order valence-electron chi connectivity index (χ3n) is 3.60. The standard InChI is InChI=1S/C17H16N2O3S2/c1-11-6-5-7-12-16(11)18-15(19-17(12)20)10-23-13-8-3-4-9-14(13)24(2,21)22/h3-9H,10H2,1-2H3,(H,18,19,20). The van der Waals surface area contributed by atoms with Gasteiger partial charge in [0.1, 0.15) is 5.82 Å². The predicted octanol–water partition coefficient (Wildman–Crippen LogP) is 2.93. The molecule has 24 heavy (non-hydrogen) atoms. The summed E-state index contributed by atoms with van der Waals surface area (Å²) in [5.41, 5.74) is 1.42. The highest BCUT2D eigenvalue weighted by Crippen LogP contribution is 2.28. The van der Waals surface area contributed by atoms with Crippen LogP contribution in [0.2, 0.25) is 0 Å².